The van der Waals surface area contributed by atoms with Gasteiger partial charge in [-0.05, 0) is 57.0 Å². The SMILES string of the molecule is CC.CNCCC(=O)OCOC(=O)N1CCCC(NC(=O)c2cc(OC)c(OC)c(OC)c2)C1.COc1cc(C(=O)NC2CCCN(C(=O)OCOC(=O)CCN)C2)cc(OC)c1OC.Cl. The molecule has 2 aromatic rings. The molecule has 0 radical (unpaired) electrons. The zero-order chi connectivity index (χ0) is 48.3. The molecule has 2 unspecified atom stereocenters. The molecule has 0 aromatic heterocycles. The summed E-state index contributed by atoms with van der Waals surface area (Å²) < 4.78 is 51.3. The van der Waals surface area contributed by atoms with Crippen molar-refractivity contribution >= 4 is 48.3 Å². The highest BCUT2D eigenvalue weighted by molar-refractivity contribution is 5.96. The highest BCUT2D eigenvalue weighted by atomic mass is 35.5. The van der Waals surface area contributed by atoms with Crippen LogP contribution < -0.4 is 50.1 Å². The molecular formula is C43H67ClN6O16. The van der Waals surface area contributed by atoms with E-state index < -0.39 is 37.7 Å². The number of carbonyl (C=O) groups excluding carboxylic acids is 6. The van der Waals surface area contributed by atoms with E-state index in [1.54, 1.807) is 31.3 Å². The third-order valence-corrected chi connectivity index (χ3v) is 9.62. The summed E-state index contributed by atoms with van der Waals surface area (Å²) in [7, 11) is 10.6. The molecule has 2 heterocycles. The molecule has 66 heavy (non-hydrogen) atoms. The van der Waals surface area contributed by atoms with E-state index in [2.05, 4.69) is 16.0 Å². The van der Waals surface area contributed by atoms with Gasteiger partial charge in [0.2, 0.25) is 25.1 Å². The van der Waals surface area contributed by atoms with Gasteiger partial charge in [0.05, 0.1) is 55.5 Å². The molecule has 2 fully saturated rings. The number of amides is 4. The summed E-state index contributed by atoms with van der Waals surface area (Å²) in [5.74, 6) is 0.592. The molecule has 0 spiro atoms. The maximum Gasteiger partial charge on any atom is 0.412 e. The first-order chi connectivity index (χ1) is 31.4. The lowest BCUT2D eigenvalue weighted by Gasteiger charge is -2.32. The number of methoxy groups -OCH3 is 6. The Morgan fingerprint density at radius 1 is 0.591 bits per heavy atom. The number of benzene rings is 2. The lowest BCUT2D eigenvalue weighted by atomic mass is 10.1. The van der Waals surface area contributed by atoms with Crippen LogP contribution in [0, 0.1) is 0 Å². The first kappa shape index (κ1) is 57.9. The normalized spacial score (nSPS) is 14.9. The number of rotatable bonds is 19. The lowest BCUT2D eigenvalue weighted by Crippen LogP contribution is -2.49. The van der Waals surface area contributed by atoms with Crippen molar-refractivity contribution < 1.29 is 76.1 Å². The summed E-state index contributed by atoms with van der Waals surface area (Å²) in [4.78, 5) is 75.7. The van der Waals surface area contributed by atoms with Crippen molar-refractivity contribution in [2.24, 2.45) is 5.73 Å². The average molecular weight is 959 g/mol. The van der Waals surface area contributed by atoms with E-state index in [9.17, 15) is 28.8 Å². The summed E-state index contributed by atoms with van der Waals surface area (Å²) in [6.07, 6.45) is 1.80. The molecule has 4 rings (SSSR count). The van der Waals surface area contributed by atoms with Gasteiger partial charge in [-0.1, -0.05) is 13.8 Å². The van der Waals surface area contributed by atoms with Gasteiger partial charge >= 0.3 is 24.1 Å². The Morgan fingerprint density at radius 3 is 1.27 bits per heavy atom. The Morgan fingerprint density at radius 2 is 0.955 bits per heavy atom. The van der Waals surface area contributed by atoms with Crippen molar-refractivity contribution in [2.45, 2.75) is 64.5 Å². The van der Waals surface area contributed by atoms with E-state index in [0.29, 0.717) is 90.9 Å². The largest absolute Gasteiger partial charge is 0.493 e. The highest BCUT2D eigenvalue weighted by Gasteiger charge is 2.29. The van der Waals surface area contributed by atoms with Crippen molar-refractivity contribution in [3.8, 4) is 34.5 Å². The summed E-state index contributed by atoms with van der Waals surface area (Å²) in [6, 6.07) is 5.71. The van der Waals surface area contributed by atoms with Gasteiger partial charge in [0.1, 0.15) is 0 Å². The molecule has 4 amide bonds. The van der Waals surface area contributed by atoms with Gasteiger partial charge in [0, 0.05) is 62.5 Å². The second kappa shape index (κ2) is 31.7. The highest BCUT2D eigenvalue weighted by Crippen LogP contribution is 2.39. The van der Waals surface area contributed by atoms with Crippen molar-refractivity contribution in [3.05, 3.63) is 35.4 Å². The van der Waals surface area contributed by atoms with Crippen LogP contribution in [0.4, 0.5) is 9.59 Å². The maximum absolute atomic E-state index is 12.8. The Labute approximate surface area is 392 Å². The van der Waals surface area contributed by atoms with Crippen molar-refractivity contribution in [1.29, 1.82) is 0 Å². The molecule has 2 saturated heterocycles. The Balaban J connectivity index is 0.000000627. The summed E-state index contributed by atoms with van der Waals surface area (Å²) in [6.45, 7) is 5.24. The third-order valence-electron chi connectivity index (χ3n) is 9.62. The number of piperidine rings is 2. The molecule has 0 aliphatic carbocycles. The molecule has 0 saturated carbocycles. The minimum absolute atomic E-state index is 0. The zero-order valence-corrected chi connectivity index (χ0v) is 40.1. The molecule has 2 atom stereocenters. The van der Waals surface area contributed by atoms with Crippen LogP contribution in [-0.4, -0.2) is 160 Å². The summed E-state index contributed by atoms with van der Waals surface area (Å²) in [5, 5.41) is 8.67. The first-order valence-corrected chi connectivity index (χ1v) is 21.1. The smallest absolute Gasteiger partial charge is 0.412 e. The van der Waals surface area contributed by atoms with Gasteiger partial charge in [0.25, 0.3) is 11.8 Å². The Bertz CT molecular complexity index is 1810. The topological polar surface area (TPSA) is 263 Å². The summed E-state index contributed by atoms with van der Waals surface area (Å²) in [5.41, 5.74) is 5.92. The number of nitrogens with zero attached hydrogens (tertiary/aromatic N) is 2. The maximum atomic E-state index is 12.8. The Hall–Kier alpha value is -6.13. The zero-order valence-electron chi connectivity index (χ0n) is 39.3. The second-order valence-corrected chi connectivity index (χ2v) is 13.8. The molecule has 372 valence electrons. The molecule has 5 N–H and O–H groups in total. The van der Waals surface area contributed by atoms with Crippen LogP contribution in [0.5, 0.6) is 34.5 Å². The van der Waals surface area contributed by atoms with Gasteiger partial charge in [-0.2, -0.15) is 0 Å². The van der Waals surface area contributed by atoms with E-state index in [0.717, 1.165) is 0 Å². The van der Waals surface area contributed by atoms with E-state index in [-0.39, 0.29) is 68.8 Å². The quantitative estimate of drug-likeness (QED) is 0.116. The molecule has 22 nitrogen and oxygen atoms in total. The van der Waals surface area contributed by atoms with E-state index in [4.69, 9.17) is 53.1 Å². The first-order valence-electron chi connectivity index (χ1n) is 21.1. The van der Waals surface area contributed by atoms with E-state index in [1.807, 2.05) is 13.8 Å². The number of hydrogen-bond acceptors (Lipinski definition) is 18. The molecule has 23 heteroatoms. The number of hydrogen-bond donors (Lipinski definition) is 4. The van der Waals surface area contributed by atoms with Crippen LogP contribution in [0.2, 0.25) is 0 Å². The fourth-order valence-corrected chi connectivity index (χ4v) is 6.45. The molecular weight excluding hydrogens is 892 g/mol. The average Bonchev–Trinajstić information content (AvgIpc) is 3.33. The van der Waals surface area contributed by atoms with Gasteiger partial charge in [-0.25, -0.2) is 9.59 Å². The molecule has 2 aliphatic rings. The van der Waals surface area contributed by atoms with Gasteiger partial charge in [0.15, 0.2) is 23.0 Å². The third kappa shape index (κ3) is 18.4. The predicted molar refractivity (Wildman–Crippen MR) is 242 cm³/mol. The minimum Gasteiger partial charge on any atom is -0.493 e. The van der Waals surface area contributed by atoms with Crippen molar-refractivity contribution in [1.82, 2.24) is 25.8 Å². The second-order valence-electron chi connectivity index (χ2n) is 13.8. The molecule has 2 aromatic carbocycles. The van der Waals surface area contributed by atoms with Crippen LogP contribution in [0.3, 0.4) is 0 Å². The van der Waals surface area contributed by atoms with Crippen molar-refractivity contribution in [3.63, 3.8) is 0 Å². The number of likely N-dealkylation sites (tertiary alicyclic amines) is 2. The van der Waals surface area contributed by atoms with Gasteiger partial charge < -0.3 is 78.9 Å². The Kier molecular flexibility index (Phi) is 27.8. The number of ether oxygens (including phenoxy) is 10. The van der Waals surface area contributed by atoms with Gasteiger partial charge in [-0.3, -0.25) is 19.2 Å². The van der Waals surface area contributed by atoms with Crippen molar-refractivity contribution in [2.75, 3.05) is 103 Å². The fraction of sp³-hybridized carbons (Fsp3) is 0.581. The van der Waals surface area contributed by atoms with E-state index >= 15 is 0 Å². The lowest BCUT2D eigenvalue weighted by molar-refractivity contribution is -0.153. The minimum atomic E-state index is -0.618. The molecule has 2 aliphatic heterocycles. The number of nitrogens with two attached hydrogens (primary N) is 1. The van der Waals surface area contributed by atoms with Crippen LogP contribution >= 0.6 is 12.4 Å². The van der Waals surface area contributed by atoms with Gasteiger partial charge in [-0.15, -0.1) is 12.4 Å². The molecule has 0 bridgehead atoms. The van der Waals surface area contributed by atoms with Crippen LogP contribution in [-0.2, 0) is 28.5 Å². The van der Waals surface area contributed by atoms with E-state index in [1.165, 1.54) is 52.5 Å². The number of nitrogens with one attached hydrogen (secondary N) is 3. The fourth-order valence-electron chi connectivity index (χ4n) is 6.45. The number of carbonyl (C=O) groups is 6. The van der Waals surface area contributed by atoms with Crippen LogP contribution in [0.25, 0.3) is 0 Å². The van der Waals surface area contributed by atoms with Crippen LogP contribution in [0.15, 0.2) is 24.3 Å². The standard InChI is InChI=1S/C21H31N3O8.C20H29N3O8.C2H6.ClH/c1-22-8-7-18(25)31-13-32-21(27)24-9-5-6-15(12-24)23-20(26)14-10-16(28-2)19(30-4)17(11-14)29-3;1-27-15-9-13(10-16(28-2)18(15)29-3)19(25)22-14-5-4-8-23(11-14)20(26)31-12-30-17(24)6-7-21;1-2;/h10-11,15,22H,5-9,12-13H2,1-4H3,(H,23,26);9-10,14H,4-8,11-12,21H2,1-3H3,(H,22,25);1-2H3;1H. The predicted octanol–water partition coefficient (Wildman–Crippen LogP) is 3.49. The number of esters is 2. The number of halogens is 1. The summed E-state index contributed by atoms with van der Waals surface area (Å²) >= 11 is 0. The van der Waals surface area contributed by atoms with Crippen LogP contribution in [0.1, 0.15) is 73.1 Å². The monoisotopic (exact) mass is 958 g/mol.